The number of carbonyl (C=O) groups excluding carboxylic acids is 1. The van der Waals surface area contributed by atoms with Gasteiger partial charge in [-0.1, -0.05) is 32.4 Å². The molecule has 1 aromatic rings. The van der Waals surface area contributed by atoms with E-state index < -0.39 is 0 Å². The van der Waals surface area contributed by atoms with Crippen molar-refractivity contribution in [2.75, 3.05) is 11.9 Å². The molecule has 1 saturated heterocycles. The minimum atomic E-state index is -0.0250. The molecule has 2 N–H and O–H groups in total. The van der Waals surface area contributed by atoms with E-state index in [0.29, 0.717) is 5.92 Å². The van der Waals surface area contributed by atoms with E-state index in [4.69, 9.17) is 0 Å². The highest BCUT2D eigenvalue weighted by molar-refractivity contribution is 5.94. The standard InChI is InChI=1S/C16H24N2O/c1-3-12(2)13-7-9-14(10-8-13)18-16(19)15-6-4-5-11-17-15/h7-10,12,15,17H,3-6,11H2,1-2H3,(H,18,19)/t12?,15-/m0/s1. The molecule has 2 atom stereocenters. The average molecular weight is 260 g/mol. The van der Waals surface area contributed by atoms with Gasteiger partial charge in [0.05, 0.1) is 6.04 Å². The van der Waals surface area contributed by atoms with Gasteiger partial charge in [-0.2, -0.15) is 0 Å². The monoisotopic (exact) mass is 260 g/mol. The third-order valence-electron chi connectivity index (χ3n) is 3.99. The quantitative estimate of drug-likeness (QED) is 0.872. The molecule has 0 saturated carbocycles. The van der Waals surface area contributed by atoms with Crippen LogP contribution < -0.4 is 10.6 Å². The van der Waals surface area contributed by atoms with Crippen molar-refractivity contribution in [1.82, 2.24) is 5.32 Å². The lowest BCUT2D eigenvalue weighted by Crippen LogP contribution is -2.43. The molecular weight excluding hydrogens is 236 g/mol. The number of anilines is 1. The number of carbonyl (C=O) groups is 1. The highest BCUT2D eigenvalue weighted by Gasteiger charge is 2.20. The van der Waals surface area contributed by atoms with Crippen molar-refractivity contribution < 1.29 is 4.79 Å². The molecule has 1 aromatic carbocycles. The fourth-order valence-corrected chi connectivity index (χ4v) is 2.44. The predicted molar refractivity (Wildman–Crippen MR) is 79.4 cm³/mol. The van der Waals surface area contributed by atoms with Gasteiger partial charge in [0.15, 0.2) is 0 Å². The minimum Gasteiger partial charge on any atom is -0.325 e. The van der Waals surface area contributed by atoms with E-state index in [1.165, 1.54) is 12.0 Å². The van der Waals surface area contributed by atoms with Crippen LogP contribution in [0.2, 0.25) is 0 Å². The van der Waals surface area contributed by atoms with Crippen LogP contribution in [0.1, 0.15) is 51.0 Å². The van der Waals surface area contributed by atoms with Crippen LogP contribution in [0.5, 0.6) is 0 Å². The van der Waals surface area contributed by atoms with Crippen LogP contribution in [0.15, 0.2) is 24.3 Å². The Morgan fingerprint density at radius 3 is 2.68 bits per heavy atom. The maximum absolute atomic E-state index is 12.1. The van der Waals surface area contributed by atoms with Crippen LogP contribution in [0.3, 0.4) is 0 Å². The van der Waals surface area contributed by atoms with Crippen molar-refractivity contribution in [3.8, 4) is 0 Å². The van der Waals surface area contributed by atoms with Gasteiger partial charge in [0.2, 0.25) is 5.91 Å². The number of piperidine rings is 1. The first-order valence-corrected chi connectivity index (χ1v) is 7.35. The second-order valence-corrected chi connectivity index (χ2v) is 5.42. The van der Waals surface area contributed by atoms with Crippen molar-refractivity contribution in [1.29, 1.82) is 0 Å². The highest BCUT2D eigenvalue weighted by Crippen LogP contribution is 2.20. The van der Waals surface area contributed by atoms with Crippen LogP contribution in [0.25, 0.3) is 0 Å². The molecule has 0 bridgehead atoms. The van der Waals surface area contributed by atoms with Crippen molar-refractivity contribution in [3.63, 3.8) is 0 Å². The van der Waals surface area contributed by atoms with Crippen LogP contribution in [-0.2, 0) is 4.79 Å². The fraction of sp³-hybridized carbons (Fsp3) is 0.562. The highest BCUT2D eigenvalue weighted by atomic mass is 16.2. The Morgan fingerprint density at radius 1 is 1.37 bits per heavy atom. The SMILES string of the molecule is CCC(C)c1ccc(NC(=O)[C@@H]2CCCCN2)cc1. The molecule has 3 nitrogen and oxygen atoms in total. The summed E-state index contributed by atoms with van der Waals surface area (Å²) in [7, 11) is 0. The summed E-state index contributed by atoms with van der Waals surface area (Å²) in [6, 6.07) is 8.20. The molecule has 19 heavy (non-hydrogen) atoms. The summed E-state index contributed by atoms with van der Waals surface area (Å²) in [6.07, 6.45) is 4.39. The van der Waals surface area contributed by atoms with Gasteiger partial charge in [-0.05, 0) is 49.4 Å². The second kappa shape index (κ2) is 6.71. The Balaban J connectivity index is 1.93. The number of benzene rings is 1. The van der Waals surface area contributed by atoms with Gasteiger partial charge in [0, 0.05) is 5.69 Å². The van der Waals surface area contributed by atoms with Gasteiger partial charge >= 0.3 is 0 Å². The molecule has 1 amide bonds. The molecule has 1 fully saturated rings. The van der Waals surface area contributed by atoms with Gasteiger partial charge in [0.1, 0.15) is 0 Å². The first-order chi connectivity index (χ1) is 9.20. The second-order valence-electron chi connectivity index (χ2n) is 5.42. The average Bonchev–Trinajstić information content (AvgIpc) is 2.48. The molecule has 3 heteroatoms. The molecule has 0 radical (unpaired) electrons. The van der Waals surface area contributed by atoms with Crippen molar-refractivity contribution in [2.24, 2.45) is 0 Å². The summed E-state index contributed by atoms with van der Waals surface area (Å²) in [6.45, 7) is 5.36. The lowest BCUT2D eigenvalue weighted by atomic mass is 9.98. The maximum Gasteiger partial charge on any atom is 0.241 e. The summed E-state index contributed by atoms with van der Waals surface area (Å²) in [5, 5.41) is 6.26. The molecule has 0 aliphatic carbocycles. The van der Waals surface area contributed by atoms with Crippen molar-refractivity contribution in [3.05, 3.63) is 29.8 Å². The third kappa shape index (κ3) is 3.80. The lowest BCUT2D eigenvalue weighted by Gasteiger charge is -2.22. The first kappa shape index (κ1) is 14.1. The van der Waals surface area contributed by atoms with E-state index in [2.05, 4.69) is 36.6 Å². The predicted octanol–water partition coefficient (Wildman–Crippen LogP) is 3.28. The van der Waals surface area contributed by atoms with E-state index in [0.717, 1.165) is 31.5 Å². The molecule has 0 aromatic heterocycles. The van der Waals surface area contributed by atoms with Crippen LogP contribution in [-0.4, -0.2) is 18.5 Å². The van der Waals surface area contributed by atoms with Gasteiger partial charge in [-0.3, -0.25) is 4.79 Å². The summed E-state index contributed by atoms with van der Waals surface area (Å²) in [4.78, 5) is 12.1. The molecule has 2 rings (SSSR count). The Kier molecular flexibility index (Phi) is 4.97. The van der Waals surface area contributed by atoms with Crippen LogP contribution in [0, 0.1) is 0 Å². The van der Waals surface area contributed by atoms with Crippen molar-refractivity contribution in [2.45, 2.75) is 51.5 Å². The first-order valence-electron chi connectivity index (χ1n) is 7.35. The Labute approximate surface area is 115 Å². The molecule has 104 valence electrons. The maximum atomic E-state index is 12.1. The fourth-order valence-electron chi connectivity index (χ4n) is 2.44. The number of amides is 1. The summed E-state index contributed by atoms with van der Waals surface area (Å²) >= 11 is 0. The third-order valence-corrected chi connectivity index (χ3v) is 3.99. The zero-order valence-corrected chi connectivity index (χ0v) is 11.9. The van der Waals surface area contributed by atoms with E-state index in [-0.39, 0.29) is 11.9 Å². The number of hydrogen-bond acceptors (Lipinski definition) is 2. The largest absolute Gasteiger partial charge is 0.325 e. The molecule has 1 aliphatic heterocycles. The lowest BCUT2D eigenvalue weighted by molar-refractivity contribution is -0.118. The van der Waals surface area contributed by atoms with E-state index >= 15 is 0 Å². The minimum absolute atomic E-state index is 0.0250. The van der Waals surface area contributed by atoms with E-state index in [9.17, 15) is 4.79 Å². The molecular formula is C16H24N2O. The zero-order chi connectivity index (χ0) is 13.7. The van der Waals surface area contributed by atoms with E-state index in [1.54, 1.807) is 0 Å². The number of nitrogens with one attached hydrogen (secondary N) is 2. The Hall–Kier alpha value is -1.35. The van der Waals surface area contributed by atoms with Gasteiger partial charge in [0.25, 0.3) is 0 Å². The van der Waals surface area contributed by atoms with E-state index in [1.807, 2.05) is 12.1 Å². The molecule has 1 unspecified atom stereocenters. The molecule has 1 heterocycles. The van der Waals surface area contributed by atoms with Gasteiger partial charge in [-0.25, -0.2) is 0 Å². The summed E-state index contributed by atoms with van der Waals surface area (Å²) in [5.74, 6) is 0.667. The number of rotatable bonds is 4. The van der Waals surface area contributed by atoms with Crippen molar-refractivity contribution >= 4 is 11.6 Å². The Bertz CT molecular complexity index is 407. The van der Waals surface area contributed by atoms with Gasteiger partial charge < -0.3 is 10.6 Å². The molecule has 0 spiro atoms. The zero-order valence-electron chi connectivity index (χ0n) is 11.9. The number of hydrogen-bond donors (Lipinski definition) is 2. The normalized spacial score (nSPS) is 20.8. The summed E-state index contributed by atoms with van der Waals surface area (Å²) in [5.41, 5.74) is 2.22. The molecule has 1 aliphatic rings. The van der Waals surface area contributed by atoms with Crippen LogP contribution >= 0.6 is 0 Å². The van der Waals surface area contributed by atoms with Gasteiger partial charge in [-0.15, -0.1) is 0 Å². The smallest absolute Gasteiger partial charge is 0.241 e. The summed E-state index contributed by atoms with van der Waals surface area (Å²) < 4.78 is 0. The van der Waals surface area contributed by atoms with Crippen LogP contribution in [0.4, 0.5) is 5.69 Å². The Morgan fingerprint density at radius 2 is 2.11 bits per heavy atom. The topological polar surface area (TPSA) is 41.1 Å².